The molecule has 0 aromatic heterocycles. The van der Waals surface area contributed by atoms with Gasteiger partial charge in [0, 0.05) is 56.9 Å². The van der Waals surface area contributed by atoms with Crippen LogP contribution in [-0.2, 0) is 9.59 Å². The minimum Gasteiger partial charge on any atom is -0.351 e. The second-order valence-electron chi connectivity index (χ2n) is 10.8. The normalized spacial score (nSPS) is 21.4. The van der Waals surface area contributed by atoms with Gasteiger partial charge in [-0.15, -0.1) is 0 Å². The summed E-state index contributed by atoms with van der Waals surface area (Å²) < 4.78 is 0. The Kier molecular flexibility index (Phi) is 8.16. The Hall–Kier alpha value is -2.39. The number of carbonyl (C=O) groups excluding carboxylic acids is 3. The number of nitrogens with zero attached hydrogens (tertiary/aromatic N) is 4. The Morgan fingerprint density at radius 3 is 2.31 bits per heavy atom. The monoisotopic (exact) mass is 499 g/mol. The predicted octanol–water partition coefficient (Wildman–Crippen LogP) is 3.30. The Labute approximate surface area is 212 Å². The van der Waals surface area contributed by atoms with Gasteiger partial charge in [-0.2, -0.15) is 4.99 Å². The highest BCUT2D eigenvalue weighted by molar-refractivity contribution is 8.15. The SMILES string of the molecule is CC(C)(C)CCN1CCN(C(=O)c2ccc(NC(=O)C[C@@H]3SC(N4CCCC4)=NC3=O)cc2)CC1. The number of thioether (sulfide) groups is 1. The first-order valence-electron chi connectivity index (χ1n) is 12.6. The van der Waals surface area contributed by atoms with Gasteiger partial charge in [0.15, 0.2) is 5.17 Å². The van der Waals surface area contributed by atoms with Crippen LogP contribution in [0.4, 0.5) is 5.69 Å². The van der Waals surface area contributed by atoms with Crippen LogP contribution in [0.3, 0.4) is 0 Å². The van der Waals surface area contributed by atoms with Crippen molar-refractivity contribution in [3.63, 3.8) is 0 Å². The Morgan fingerprint density at radius 2 is 1.69 bits per heavy atom. The molecule has 3 aliphatic rings. The molecule has 0 aliphatic carbocycles. The summed E-state index contributed by atoms with van der Waals surface area (Å²) in [5, 5.41) is 3.14. The summed E-state index contributed by atoms with van der Waals surface area (Å²) in [6.45, 7) is 13.0. The number of hydrogen-bond donors (Lipinski definition) is 1. The third kappa shape index (κ3) is 7.07. The van der Waals surface area contributed by atoms with Gasteiger partial charge in [-0.05, 0) is 55.5 Å². The summed E-state index contributed by atoms with van der Waals surface area (Å²) in [5.74, 6) is -0.427. The molecule has 0 bridgehead atoms. The van der Waals surface area contributed by atoms with E-state index in [1.54, 1.807) is 24.3 Å². The zero-order valence-corrected chi connectivity index (χ0v) is 21.9. The molecule has 1 N–H and O–H groups in total. The van der Waals surface area contributed by atoms with Crippen molar-refractivity contribution in [2.45, 2.75) is 51.7 Å². The van der Waals surface area contributed by atoms with Crippen LogP contribution in [0.1, 0.15) is 56.8 Å². The molecule has 0 unspecified atom stereocenters. The van der Waals surface area contributed by atoms with Gasteiger partial charge in [0.25, 0.3) is 11.8 Å². The van der Waals surface area contributed by atoms with Gasteiger partial charge in [0.1, 0.15) is 5.25 Å². The Balaban J connectivity index is 1.22. The van der Waals surface area contributed by atoms with Crippen molar-refractivity contribution >= 4 is 40.3 Å². The average molecular weight is 500 g/mol. The van der Waals surface area contributed by atoms with Crippen LogP contribution in [0.25, 0.3) is 0 Å². The first kappa shape index (κ1) is 25.7. The van der Waals surface area contributed by atoms with Crippen molar-refractivity contribution in [3.05, 3.63) is 29.8 Å². The van der Waals surface area contributed by atoms with Crippen molar-refractivity contribution in [1.82, 2.24) is 14.7 Å². The minimum absolute atomic E-state index is 0.0258. The molecule has 2 fully saturated rings. The number of rotatable bonds is 6. The summed E-state index contributed by atoms with van der Waals surface area (Å²) in [4.78, 5) is 48.3. The van der Waals surface area contributed by atoms with E-state index in [4.69, 9.17) is 0 Å². The number of amidine groups is 1. The number of nitrogens with one attached hydrogen (secondary N) is 1. The van der Waals surface area contributed by atoms with E-state index in [-0.39, 0.29) is 24.1 Å². The van der Waals surface area contributed by atoms with Gasteiger partial charge in [-0.3, -0.25) is 19.3 Å². The maximum Gasteiger partial charge on any atom is 0.262 e. The lowest BCUT2D eigenvalue weighted by atomic mass is 9.92. The summed E-state index contributed by atoms with van der Waals surface area (Å²) in [5.41, 5.74) is 1.56. The number of benzene rings is 1. The third-order valence-electron chi connectivity index (χ3n) is 6.73. The fourth-order valence-corrected chi connectivity index (χ4v) is 5.60. The van der Waals surface area contributed by atoms with Crippen LogP contribution in [-0.4, -0.2) is 88.7 Å². The first-order valence-corrected chi connectivity index (χ1v) is 13.5. The Bertz CT molecular complexity index is 958. The molecule has 0 radical (unpaired) electrons. The number of carbonyl (C=O) groups is 3. The van der Waals surface area contributed by atoms with Gasteiger partial charge in [-0.25, -0.2) is 0 Å². The largest absolute Gasteiger partial charge is 0.351 e. The van der Waals surface area contributed by atoms with Crippen LogP contribution in [0.5, 0.6) is 0 Å². The fraction of sp³-hybridized carbons (Fsp3) is 0.615. The smallest absolute Gasteiger partial charge is 0.262 e. The lowest BCUT2D eigenvalue weighted by Gasteiger charge is -2.36. The maximum absolute atomic E-state index is 12.9. The lowest BCUT2D eigenvalue weighted by molar-refractivity contribution is -0.121. The summed E-state index contributed by atoms with van der Waals surface area (Å²) in [6.07, 6.45) is 3.47. The Morgan fingerprint density at radius 1 is 1.03 bits per heavy atom. The highest BCUT2D eigenvalue weighted by atomic mass is 32.2. The molecule has 9 heteroatoms. The fourth-order valence-electron chi connectivity index (χ4n) is 4.48. The maximum atomic E-state index is 12.9. The second kappa shape index (κ2) is 11.1. The highest BCUT2D eigenvalue weighted by Crippen LogP contribution is 2.29. The number of hydrogen-bond acceptors (Lipinski definition) is 6. The quantitative estimate of drug-likeness (QED) is 0.647. The van der Waals surface area contributed by atoms with Gasteiger partial charge in [-0.1, -0.05) is 32.5 Å². The lowest BCUT2D eigenvalue weighted by Crippen LogP contribution is -2.49. The van der Waals surface area contributed by atoms with Crippen molar-refractivity contribution in [2.75, 3.05) is 51.1 Å². The minimum atomic E-state index is -0.464. The highest BCUT2D eigenvalue weighted by Gasteiger charge is 2.33. The summed E-state index contributed by atoms with van der Waals surface area (Å²) >= 11 is 1.39. The second-order valence-corrected chi connectivity index (χ2v) is 12.0. The standard InChI is InChI=1S/C26H37N5O3S/c1-26(2,3)10-13-29-14-16-30(17-15-29)24(34)19-6-8-20(9-7-19)27-22(32)18-21-23(33)28-25(35-21)31-11-4-5-12-31/h6-9,21H,4-5,10-18H2,1-3H3,(H,27,32)/t21-/m0/s1. The number of likely N-dealkylation sites (tertiary alicyclic amines) is 1. The molecule has 0 saturated carbocycles. The molecule has 1 aromatic carbocycles. The molecule has 4 rings (SSSR count). The van der Waals surface area contributed by atoms with Crippen molar-refractivity contribution in [1.29, 1.82) is 0 Å². The van der Waals surface area contributed by atoms with Crippen molar-refractivity contribution in [3.8, 4) is 0 Å². The van der Waals surface area contributed by atoms with Crippen LogP contribution in [0, 0.1) is 5.41 Å². The number of aliphatic imine (C=N–C) groups is 1. The van der Waals surface area contributed by atoms with Gasteiger partial charge in [0.05, 0.1) is 0 Å². The molecule has 3 heterocycles. The molecular weight excluding hydrogens is 462 g/mol. The molecule has 1 aromatic rings. The molecule has 8 nitrogen and oxygen atoms in total. The molecular formula is C26H37N5O3S. The van der Waals surface area contributed by atoms with Crippen molar-refractivity contribution < 1.29 is 14.4 Å². The van der Waals surface area contributed by atoms with Crippen LogP contribution in [0.15, 0.2) is 29.3 Å². The first-order chi connectivity index (χ1) is 16.7. The zero-order valence-electron chi connectivity index (χ0n) is 21.1. The molecule has 2 saturated heterocycles. The molecule has 190 valence electrons. The number of amides is 3. The van der Waals surface area contributed by atoms with E-state index >= 15 is 0 Å². The molecule has 0 spiro atoms. The van der Waals surface area contributed by atoms with Gasteiger partial charge < -0.3 is 15.1 Å². The third-order valence-corrected chi connectivity index (χ3v) is 7.94. The van der Waals surface area contributed by atoms with E-state index < -0.39 is 5.25 Å². The number of piperazine rings is 1. The molecule has 1 atom stereocenters. The van der Waals surface area contributed by atoms with E-state index in [9.17, 15) is 14.4 Å². The summed E-state index contributed by atoms with van der Waals surface area (Å²) in [7, 11) is 0. The molecule has 3 amide bonds. The van der Waals surface area contributed by atoms with E-state index in [1.165, 1.54) is 11.8 Å². The van der Waals surface area contributed by atoms with Gasteiger partial charge >= 0.3 is 0 Å². The average Bonchev–Trinajstić information content (AvgIpc) is 3.48. The number of anilines is 1. The predicted molar refractivity (Wildman–Crippen MR) is 141 cm³/mol. The van der Waals surface area contributed by atoms with E-state index in [0.717, 1.165) is 70.2 Å². The molecule has 35 heavy (non-hydrogen) atoms. The van der Waals surface area contributed by atoms with Crippen LogP contribution in [0.2, 0.25) is 0 Å². The van der Waals surface area contributed by atoms with E-state index in [1.807, 2.05) is 4.90 Å². The van der Waals surface area contributed by atoms with E-state index in [2.05, 4.69) is 40.9 Å². The van der Waals surface area contributed by atoms with Gasteiger partial charge in [0.2, 0.25) is 5.91 Å². The zero-order chi connectivity index (χ0) is 25.0. The van der Waals surface area contributed by atoms with E-state index in [0.29, 0.717) is 16.7 Å². The van der Waals surface area contributed by atoms with Crippen LogP contribution < -0.4 is 5.32 Å². The topological polar surface area (TPSA) is 85.3 Å². The van der Waals surface area contributed by atoms with Crippen LogP contribution >= 0.6 is 11.8 Å². The summed E-state index contributed by atoms with van der Waals surface area (Å²) in [6, 6.07) is 7.02. The van der Waals surface area contributed by atoms with Crippen molar-refractivity contribution in [2.24, 2.45) is 10.4 Å². The molecule has 3 aliphatic heterocycles.